The van der Waals surface area contributed by atoms with Crippen LogP contribution in [-0.2, 0) is 4.79 Å². The Morgan fingerprint density at radius 3 is 2.56 bits per heavy atom. The highest BCUT2D eigenvalue weighted by molar-refractivity contribution is 5.76. The molecule has 3 N–H and O–H groups in total. The average molecular weight is 226 g/mol. The van der Waals surface area contributed by atoms with E-state index in [9.17, 15) is 4.79 Å². The van der Waals surface area contributed by atoms with Crippen LogP contribution >= 0.6 is 0 Å². The van der Waals surface area contributed by atoms with Crippen LogP contribution in [-0.4, -0.2) is 18.0 Å². The summed E-state index contributed by atoms with van der Waals surface area (Å²) in [5.74, 6) is 1.05. The third-order valence-corrected chi connectivity index (χ3v) is 3.44. The molecule has 0 aliphatic heterocycles. The molecular weight excluding hydrogens is 200 g/mol. The lowest BCUT2D eigenvalue weighted by molar-refractivity contribution is -0.122. The van der Waals surface area contributed by atoms with Crippen LogP contribution in [0.5, 0.6) is 0 Å². The van der Waals surface area contributed by atoms with Crippen molar-refractivity contribution in [2.45, 2.75) is 70.9 Å². The van der Waals surface area contributed by atoms with Gasteiger partial charge in [-0.2, -0.15) is 0 Å². The number of amides is 1. The van der Waals surface area contributed by atoms with Crippen LogP contribution < -0.4 is 11.1 Å². The minimum Gasteiger partial charge on any atom is -0.353 e. The Bertz CT molecular complexity index is 208. The van der Waals surface area contributed by atoms with E-state index in [4.69, 9.17) is 5.73 Å². The Morgan fingerprint density at radius 1 is 1.38 bits per heavy atom. The Hall–Kier alpha value is -0.570. The standard InChI is InChI=1S/C13H26N2O/c1-10-6-8-12(9-7-10)15-13(16)5-3-4-11(2)14/h10-12H,3-9,14H2,1-2H3,(H,15,16). The smallest absolute Gasteiger partial charge is 0.220 e. The molecule has 1 amide bonds. The van der Waals surface area contributed by atoms with E-state index in [1.807, 2.05) is 6.92 Å². The summed E-state index contributed by atoms with van der Waals surface area (Å²) in [6.45, 7) is 4.28. The molecule has 3 heteroatoms. The Balaban J connectivity index is 2.09. The predicted octanol–water partition coefficient (Wildman–Crippen LogP) is 2.20. The largest absolute Gasteiger partial charge is 0.353 e. The summed E-state index contributed by atoms with van der Waals surface area (Å²) >= 11 is 0. The number of nitrogens with two attached hydrogens (primary N) is 1. The highest BCUT2D eigenvalue weighted by atomic mass is 16.1. The zero-order valence-electron chi connectivity index (χ0n) is 10.7. The van der Waals surface area contributed by atoms with Gasteiger partial charge in [0, 0.05) is 18.5 Å². The third-order valence-electron chi connectivity index (χ3n) is 3.44. The van der Waals surface area contributed by atoms with E-state index in [-0.39, 0.29) is 11.9 Å². The first-order valence-electron chi connectivity index (χ1n) is 6.63. The number of hydrogen-bond donors (Lipinski definition) is 2. The lowest BCUT2D eigenvalue weighted by Gasteiger charge is -2.26. The van der Waals surface area contributed by atoms with Crippen LogP contribution in [0.3, 0.4) is 0 Å². The van der Waals surface area contributed by atoms with Gasteiger partial charge < -0.3 is 11.1 Å². The van der Waals surface area contributed by atoms with E-state index in [1.165, 1.54) is 12.8 Å². The fraction of sp³-hybridized carbons (Fsp3) is 0.923. The Kier molecular flexibility index (Phi) is 5.81. The van der Waals surface area contributed by atoms with E-state index in [0.29, 0.717) is 12.5 Å². The van der Waals surface area contributed by atoms with Gasteiger partial charge in [0.2, 0.25) is 5.91 Å². The number of rotatable bonds is 5. The minimum atomic E-state index is 0.209. The maximum atomic E-state index is 11.6. The van der Waals surface area contributed by atoms with Gasteiger partial charge in [-0.3, -0.25) is 4.79 Å². The molecule has 0 bridgehead atoms. The van der Waals surface area contributed by atoms with Gasteiger partial charge in [0.1, 0.15) is 0 Å². The molecule has 0 aromatic rings. The van der Waals surface area contributed by atoms with Crippen molar-refractivity contribution in [3.8, 4) is 0 Å². The predicted molar refractivity (Wildman–Crippen MR) is 67.1 cm³/mol. The summed E-state index contributed by atoms with van der Waals surface area (Å²) in [7, 11) is 0. The molecule has 1 fully saturated rings. The molecule has 1 aliphatic carbocycles. The van der Waals surface area contributed by atoms with Crippen molar-refractivity contribution in [2.75, 3.05) is 0 Å². The minimum absolute atomic E-state index is 0.209. The molecule has 0 aromatic heterocycles. The molecule has 0 saturated heterocycles. The summed E-state index contributed by atoms with van der Waals surface area (Å²) in [4.78, 5) is 11.6. The summed E-state index contributed by atoms with van der Waals surface area (Å²) in [5.41, 5.74) is 5.65. The van der Waals surface area contributed by atoms with Crippen LogP contribution in [0.25, 0.3) is 0 Å². The van der Waals surface area contributed by atoms with Crippen molar-refractivity contribution in [3.63, 3.8) is 0 Å². The monoisotopic (exact) mass is 226 g/mol. The van der Waals surface area contributed by atoms with Gasteiger partial charge >= 0.3 is 0 Å². The van der Waals surface area contributed by atoms with Crippen molar-refractivity contribution < 1.29 is 4.79 Å². The maximum absolute atomic E-state index is 11.6. The maximum Gasteiger partial charge on any atom is 0.220 e. The molecule has 0 aromatic carbocycles. The van der Waals surface area contributed by atoms with Crippen molar-refractivity contribution in [2.24, 2.45) is 11.7 Å². The average Bonchev–Trinajstić information content (AvgIpc) is 2.21. The highest BCUT2D eigenvalue weighted by Gasteiger charge is 2.19. The first kappa shape index (κ1) is 13.5. The molecule has 1 rings (SSSR count). The van der Waals surface area contributed by atoms with Crippen molar-refractivity contribution in [1.82, 2.24) is 5.32 Å². The van der Waals surface area contributed by atoms with Crippen LogP contribution in [0.2, 0.25) is 0 Å². The molecular formula is C13H26N2O. The highest BCUT2D eigenvalue weighted by Crippen LogP contribution is 2.23. The molecule has 0 radical (unpaired) electrons. The fourth-order valence-electron chi connectivity index (χ4n) is 2.29. The lowest BCUT2D eigenvalue weighted by Crippen LogP contribution is -2.37. The lowest BCUT2D eigenvalue weighted by atomic mass is 9.87. The van der Waals surface area contributed by atoms with Crippen molar-refractivity contribution in [1.29, 1.82) is 0 Å². The van der Waals surface area contributed by atoms with Gasteiger partial charge in [-0.05, 0) is 51.4 Å². The van der Waals surface area contributed by atoms with Crippen LogP contribution in [0.15, 0.2) is 0 Å². The number of carbonyl (C=O) groups excluding carboxylic acids is 1. The van der Waals surface area contributed by atoms with Gasteiger partial charge in [-0.25, -0.2) is 0 Å². The Morgan fingerprint density at radius 2 is 2.00 bits per heavy atom. The topological polar surface area (TPSA) is 55.1 Å². The molecule has 1 atom stereocenters. The third kappa shape index (κ3) is 5.50. The SMILES string of the molecule is CC(N)CCCC(=O)NC1CCC(C)CC1. The van der Waals surface area contributed by atoms with E-state index in [1.54, 1.807) is 0 Å². The van der Waals surface area contributed by atoms with E-state index in [0.717, 1.165) is 31.6 Å². The van der Waals surface area contributed by atoms with Gasteiger partial charge in [-0.1, -0.05) is 6.92 Å². The molecule has 0 spiro atoms. The second-order valence-corrected chi connectivity index (χ2v) is 5.39. The molecule has 0 heterocycles. The molecule has 1 saturated carbocycles. The first-order chi connectivity index (χ1) is 7.58. The van der Waals surface area contributed by atoms with Crippen LogP contribution in [0, 0.1) is 5.92 Å². The fourth-order valence-corrected chi connectivity index (χ4v) is 2.29. The molecule has 1 unspecified atom stereocenters. The molecule has 94 valence electrons. The number of carbonyl (C=O) groups is 1. The van der Waals surface area contributed by atoms with Crippen LogP contribution in [0.1, 0.15) is 58.8 Å². The van der Waals surface area contributed by atoms with E-state index >= 15 is 0 Å². The molecule has 16 heavy (non-hydrogen) atoms. The van der Waals surface area contributed by atoms with Crippen molar-refractivity contribution in [3.05, 3.63) is 0 Å². The summed E-state index contributed by atoms with van der Waals surface area (Å²) in [5, 5.41) is 3.13. The van der Waals surface area contributed by atoms with E-state index in [2.05, 4.69) is 12.2 Å². The van der Waals surface area contributed by atoms with Crippen LogP contribution in [0.4, 0.5) is 0 Å². The quantitative estimate of drug-likeness (QED) is 0.755. The zero-order valence-corrected chi connectivity index (χ0v) is 10.7. The summed E-state index contributed by atoms with van der Waals surface area (Å²) in [6, 6.07) is 0.641. The first-order valence-corrected chi connectivity index (χ1v) is 6.63. The Labute approximate surface area is 99.2 Å². The van der Waals surface area contributed by atoms with Gasteiger partial charge in [0.05, 0.1) is 0 Å². The molecule has 1 aliphatic rings. The van der Waals surface area contributed by atoms with E-state index < -0.39 is 0 Å². The normalized spacial score (nSPS) is 27.4. The van der Waals surface area contributed by atoms with Gasteiger partial charge in [0.15, 0.2) is 0 Å². The van der Waals surface area contributed by atoms with Gasteiger partial charge in [0.25, 0.3) is 0 Å². The van der Waals surface area contributed by atoms with Crippen molar-refractivity contribution >= 4 is 5.91 Å². The summed E-state index contributed by atoms with van der Waals surface area (Å²) in [6.07, 6.45) is 7.30. The van der Waals surface area contributed by atoms with Gasteiger partial charge in [-0.15, -0.1) is 0 Å². The number of hydrogen-bond acceptors (Lipinski definition) is 2. The molecule has 3 nitrogen and oxygen atoms in total. The zero-order chi connectivity index (χ0) is 12.0. The second-order valence-electron chi connectivity index (χ2n) is 5.39. The second kappa shape index (κ2) is 6.89. The summed E-state index contributed by atoms with van der Waals surface area (Å²) < 4.78 is 0. The number of nitrogens with one attached hydrogen (secondary N) is 1.